The lowest BCUT2D eigenvalue weighted by molar-refractivity contribution is -0.135. The highest BCUT2D eigenvalue weighted by Gasteiger charge is 2.15. The molecule has 1 heterocycles. The third-order valence-corrected chi connectivity index (χ3v) is 3.32. The molecule has 0 saturated heterocycles. The SMILES string of the molecule is [B]Cc1ccc(Cl)cc1-c1cnc(C(=O)NCC(=O)O)c(O)c1. The zero-order chi connectivity index (χ0) is 17.0. The van der Waals surface area contributed by atoms with Crippen molar-refractivity contribution in [2.24, 2.45) is 0 Å². The van der Waals surface area contributed by atoms with E-state index in [2.05, 4.69) is 10.3 Å². The van der Waals surface area contributed by atoms with Crippen LogP contribution in [0.25, 0.3) is 11.1 Å². The summed E-state index contributed by atoms with van der Waals surface area (Å²) in [5.41, 5.74) is 1.78. The van der Waals surface area contributed by atoms with E-state index in [1.54, 1.807) is 18.2 Å². The number of pyridine rings is 1. The first kappa shape index (κ1) is 16.8. The van der Waals surface area contributed by atoms with E-state index in [-0.39, 0.29) is 17.8 Å². The molecule has 0 aliphatic carbocycles. The Morgan fingerprint density at radius 2 is 2.04 bits per heavy atom. The van der Waals surface area contributed by atoms with Crippen LogP contribution in [0.2, 0.25) is 5.02 Å². The van der Waals surface area contributed by atoms with Crippen LogP contribution in [0.1, 0.15) is 16.1 Å². The fourth-order valence-electron chi connectivity index (χ4n) is 2.01. The Hall–Kier alpha value is -2.54. The maximum atomic E-state index is 11.8. The molecular formula is C15H12BClN2O4. The van der Waals surface area contributed by atoms with E-state index in [0.717, 1.165) is 5.56 Å². The Kier molecular flexibility index (Phi) is 5.23. The molecule has 1 aromatic carbocycles. The van der Waals surface area contributed by atoms with Crippen molar-refractivity contribution < 1.29 is 19.8 Å². The van der Waals surface area contributed by atoms with Crippen molar-refractivity contribution in [1.29, 1.82) is 0 Å². The van der Waals surface area contributed by atoms with Crippen LogP contribution in [0.5, 0.6) is 5.75 Å². The van der Waals surface area contributed by atoms with E-state index < -0.39 is 18.4 Å². The predicted octanol–water partition coefficient (Wildman–Crippen LogP) is 1.59. The van der Waals surface area contributed by atoms with Crippen molar-refractivity contribution in [2.75, 3.05) is 6.54 Å². The van der Waals surface area contributed by atoms with Crippen molar-refractivity contribution >= 4 is 31.3 Å². The number of nitrogens with zero attached hydrogens (tertiary/aromatic N) is 1. The molecule has 0 aliphatic heterocycles. The number of carbonyl (C=O) groups excluding carboxylic acids is 1. The molecule has 3 N–H and O–H groups in total. The maximum absolute atomic E-state index is 11.8. The molecular weight excluding hydrogens is 318 g/mol. The van der Waals surface area contributed by atoms with E-state index >= 15 is 0 Å². The van der Waals surface area contributed by atoms with Crippen molar-refractivity contribution in [3.05, 3.63) is 46.7 Å². The average Bonchev–Trinajstić information content (AvgIpc) is 2.52. The van der Waals surface area contributed by atoms with Crippen LogP contribution >= 0.6 is 11.6 Å². The number of carbonyl (C=O) groups is 2. The Morgan fingerprint density at radius 3 is 2.65 bits per heavy atom. The number of carboxylic acid groups (broad SMARTS) is 1. The van der Waals surface area contributed by atoms with Gasteiger partial charge in [0.05, 0.1) is 7.85 Å². The topological polar surface area (TPSA) is 99.5 Å². The second-order valence-corrected chi connectivity index (χ2v) is 5.11. The minimum absolute atomic E-state index is 0.258. The lowest BCUT2D eigenvalue weighted by Gasteiger charge is -2.10. The molecule has 0 aliphatic rings. The number of nitrogens with one attached hydrogen (secondary N) is 1. The molecule has 116 valence electrons. The fraction of sp³-hybridized carbons (Fsp3) is 0.133. The number of halogens is 1. The summed E-state index contributed by atoms with van der Waals surface area (Å²) in [5.74, 6) is -2.34. The van der Waals surface area contributed by atoms with Crippen LogP contribution < -0.4 is 5.32 Å². The lowest BCUT2D eigenvalue weighted by Crippen LogP contribution is -2.29. The van der Waals surface area contributed by atoms with E-state index in [0.29, 0.717) is 16.1 Å². The number of carboxylic acids is 1. The summed E-state index contributed by atoms with van der Waals surface area (Å²) in [6.07, 6.45) is 1.66. The van der Waals surface area contributed by atoms with Gasteiger partial charge < -0.3 is 15.5 Å². The number of benzene rings is 1. The Labute approximate surface area is 138 Å². The maximum Gasteiger partial charge on any atom is 0.322 e. The van der Waals surface area contributed by atoms with Gasteiger partial charge in [0.1, 0.15) is 12.3 Å². The Morgan fingerprint density at radius 1 is 1.30 bits per heavy atom. The first-order valence-corrected chi connectivity index (χ1v) is 6.98. The molecule has 23 heavy (non-hydrogen) atoms. The molecule has 1 amide bonds. The minimum Gasteiger partial charge on any atom is -0.505 e. The summed E-state index contributed by atoms with van der Waals surface area (Å²) in [4.78, 5) is 26.1. The van der Waals surface area contributed by atoms with Gasteiger partial charge in [-0.15, -0.1) is 0 Å². The van der Waals surface area contributed by atoms with E-state index in [1.165, 1.54) is 12.3 Å². The highest BCUT2D eigenvalue weighted by Crippen LogP contribution is 2.29. The molecule has 0 saturated carbocycles. The molecule has 0 unspecified atom stereocenters. The zero-order valence-electron chi connectivity index (χ0n) is 11.9. The molecule has 2 aromatic rings. The van der Waals surface area contributed by atoms with Gasteiger partial charge in [0, 0.05) is 16.8 Å². The van der Waals surface area contributed by atoms with Crippen LogP contribution in [-0.4, -0.2) is 41.5 Å². The average molecular weight is 331 g/mol. The fourth-order valence-corrected chi connectivity index (χ4v) is 2.18. The molecule has 0 spiro atoms. The largest absolute Gasteiger partial charge is 0.505 e. The minimum atomic E-state index is -1.19. The van der Waals surface area contributed by atoms with E-state index in [9.17, 15) is 14.7 Å². The number of hydrogen-bond donors (Lipinski definition) is 3. The van der Waals surface area contributed by atoms with Crippen LogP contribution in [0.3, 0.4) is 0 Å². The normalized spacial score (nSPS) is 10.3. The lowest BCUT2D eigenvalue weighted by atomic mass is 9.90. The zero-order valence-corrected chi connectivity index (χ0v) is 12.7. The van der Waals surface area contributed by atoms with Crippen LogP contribution in [-0.2, 0) is 11.1 Å². The van der Waals surface area contributed by atoms with E-state index in [1.807, 2.05) is 0 Å². The molecule has 2 rings (SSSR count). The van der Waals surface area contributed by atoms with Crippen LogP contribution in [0.4, 0.5) is 0 Å². The molecule has 1 aromatic heterocycles. The van der Waals surface area contributed by atoms with Gasteiger partial charge in [0.2, 0.25) is 0 Å². The monoisotopic (exact) mass is 330 g/mol. The number of aromatic hydroxyl groups is 1. The molecule has 6 nitrogen and oxygen atoms in total. The van der Waals surface area contributed by atoms with Crippen molar-refractivity contribution in [3.63, 3.8) is 0 Å². The van der Waals surface area contributed by atoms with Gasteiger partial charge in [-0.05, 0) is 29.3 Å². The van der Waals surface area contributed by atoms with Crippen molar-refractivity contribution in [3.8, 4) is 16.9 Å². The molecule has 0 bridgehead atoms. The number of amides is 1. The van der Waals surface area contributed by atoms with Crippen LogP contribution in [0.15, 0.2) is 30.5 Å². The van der Waals surface area contributed by atoms with Gasteiger partial charge >= 0.3 is 5.97 Å². The third-order valence-electron chi connectivity index (χ3n) is 3.09. The third kappa shape index (κ3) is 4.01. The Bertz CT molecular complexity index is 767. The van der Waals surface area contributed by atoms with Crippen molar-refractivity contribution in [1.82, 2.24) is 10.3 Å². The molecule has 0 fully saturated rings. The first-order valence-electron chi connectivity index (χ1n) is 6.60. The Balaban J connectivity index is 2.34. The van der Waals surface area contributed by atoms with Gasteiger partial charge in [-0.1, -0.05) is 24.0 Å². The van der Waals surface area contributed by atoms with Gasteiger partial charge in [0.15, 0.2) is 5.69 Å². The number of aliphatic carboxylic acids is 1. The first-order chi connectivity index (χ1) is 10.9. The van der Waals surface area contributed by atoms with Crippen LogP contribution in [0, 0.1) is 0 Å². The number of hydrogen-bond acceptors (Lipinski definition) is 4. The molecule has 8 heteroatoms. The second-order valence-electron chi connectivity index (χ2n) is 4.67. The van der Waals surface area contributed by atoms with Gasteiger partial charge in [-0.2, -0.15) is 0 Å². The van der Waals surface area contributed by atoms with Gasteiger partial charge in [0.25, 0.3) is 5.91 Å². The van der Waals surface area contributed by atoms with Gasteiger partial charge in [-0.3, -0.25) is 9.59 Å². The summed E-state index contributed by atoms with van der Waals surface area (Å²) in [7, 11) is 5.68. The summed E-state index contributed by atoms with van der Waals surface area (Å²) in [6.45, 7) is -0.562. The summed E-state index contributed by atoms with van der Waals surface area (Å²) >= 11 is 5.97. The summed E-state index contributed by atoms with van der Waals surface area (Å²) in [6, 6.07) is 6.51. The smallest absolute Gasteiger partial charge is 0.322 e. The summed E-state index contributed by atoms with van der Waals surface area (Å²) in [5, 5.41) is 21.1. The highest BCUT2D eigenvalue weighted by atomic mass is 35.5. The van der Waals surface area contributed by atoms with Crippen molar-refractivity contribution in [2.45, 2.75) is 6.32 Å². The predicted molar refractivity (Wildman–Crippen MR) is 85.8 cm³/mol. The number of aromatic nitrogens is 1. The molecule has 0 atom stereocenters. The number of rotatable bonds is 5. The highest BCUT2D eigenvalue weighted by molar-refractivity contribution is 6.31. The standard InChI is InChI=1S/C15H12BClN2O4/c16-5-8-1-2-10(17)4-11(8)9-3-12(20)14(18-6-9)15(23)19-7-13(21)22/h1-4,6,20H,5,7H2,(H,19,23)(H,21,22). The van der Waals surface area contributed by atoms with E-state index in [4.69, 9.17) is 24.6 Å². The summed E-state index contributed by atoms with van der Waals surface area (Å²) < 4.78 is 0. The van der Waals surface area contributed by atoms with Gasteiger partial charge in [-0.25, -0.2) is 4.98 Å². The molecule has 2 radical (unpaired) electrons. The second kappa shape index (κ2) is 7.15. The quantitative estimate of drug-likeness (QED) is 0.723.